The average Bonchev–Trinajstić information content (AvgIpc) is 3.49. The first-order valence-corrected chi connectivity index (χ1v) is 14.9. The Hall–Kier alpha value is -3.25. The maximum Gasteiger partial charge on any atom is 0.229 e. The van der Waals surface area contributed by atoms with Gasteiger partial charge in [-0.3, -0.25) is 9.71 Å². The Kier molecular flexibility index (Phi) is 7.53. The number of rotatable bonds is 8. The Morgan fingerprint density at radius 2 is 1.92 bits per heavy atom. The zero-order valence-electron chi connectivity index (χ0n) is 20.3. The summed E-state index contributed by atoms with van der Waals surface area (Å²) in [6, 6.07) is 21.6. The molecule has 0 saturated carbocycles. The van der Waals surface area contributed by atoms with Crippen molar-refractivity contribution in [2.75, 3.05) is 23.0 Å². The number of thiocarbonyl (C=S) groups is 1. The number of ether oxygens (including phenoxy) is 1. The van der Waals surface area contributed by atoms with Crippen LogP contribution in [0.5, 0.6) is 5.75 Å². The van der Waals surface area contributed by atoms with Crippen LogP contribution in [-0.4, -0.2) is 31.9 Å². The molecule has 0 amide bonds. The molecule has 1 aliphatic rings. The van der Waals surface area contributed by atoms with Crippen LogP contribution in [0.15, 0.2) is 93.4 Å². The lowest BCUT2D eigenvalue weighted by Gasteiger charge is -2.26. The Labute approximate surface area is 235 Å². The van der Waals surface area contributed by atoms with Crippen LogP contribution in [0.2, 0.25) is 5.02 Å². The van der Waals surface area contributed by atoms with Crippen LogP contribution < -0.4 is 19.7 Å². The Morgan fingerprint density at radius 1 is 1.13 bits per heavy atom. The van der Waals surface area contributed by atoms with Gasteiger partial charge in [-0.15, -0.1) is 0 Å². The molecule has 4 aromatic rings. The fraction of sp³-hybridized carbons (Fsp3) is 0.154. The van der Waals surface area contributed by atoms with Gasteiger partial charge in [0.1, 0.15) is 17.6 Å². The molecule has 0 spiro atoms. The number of halogens is 1. The van der Waals surface area contributed by atoms with E-state index >= 15 is 0 Å². The molecule has 2 aromatic heterocycles. The Morgan fingerprint density at radius 3 is 2.61 bits per heavy atom. The minimum absolute atomic E-state index is 0.303. The summed E-state index contributed by atoms with van der Waals surface area (Å²) in [5.74, 6) is 1.04. The van der Waals surface area contributed by atoms with Crippen LogP contribution in [0.25, 0.3) is 0 Å². The van der Waals surface area contributed by atoms with E-state index < -0.39 is 10.0 Å². The maximum absolute atomic E-state index is 11.8. The smallest absolute Gasteiger partial charge is 0.229 e. The number of anilines is 2. The lowest BCUT2D eigenvalue weighted by Crippen LogP contribution is -2.29. The van der Waals surface area contributed by atoms with Gasteiger partial charge in [-0.25, -0.2) is 8.42 Å². The number of furan rings is 1. The molecular formula is C26H23ClN4O4S3. The van der Waals surface area contributed by atoms with Gasteiger partial charge in [0.2, 0.25) is 10.0 Å². The molecule has 1 fully saturated rings. The van der Waals surface area contributed by atoms with Crippen LogP contribution in [0.3, 0.4) is 0 Å². The quantitative estimate of drug-likeness (QED) is 0.240. The molecular weight excluding hydrogens is 564 g/mol. The fourth-order valence-electron chi connectivity index (χ4n) is 4.20. The summed E-state index contributed by atoms with van der Waals surface area (Å²) < 4.78 is 37.9. The van der Waals surface area contributed by atoms with Crippen molar-refractivity contribution in [3.63, 3.8) is 0 Å². The summed E-state index contributed by atoms with van der Waals surface area (Å²) in [7, 11) is -2.01. The molecule has 0 unspecified atom stereocenters. The number of aromatic nitrogens is 1. The minimum atomic E-state index is -3.49. The molecule has 12 heteroatoms. The largest absolute Gasteiger partial charge is 0.494 e. The van der Waals surface area contributed by atoms with E-state index in [0.29, 0.717) is 38.1 Å². The molecule has 0 bridgehead atoms. The van der Waals surface area contributed by atoms with Gasteiger partial charge in [-0.05, 0) is 72.9 Å². The van der Waals surface area contributed by atoms with E-state index in [1.807, 2.05) is 59.5 Å². The summed E-state index contributed by atoms with van der Waals surface area (Å²) in [6.07, 6.45) is 2.82. The molecule has 1 aliphatic heterocycles. The molecule has 2 aromatic carbocycles. The maximum atomic E-state index is 11.8. The van der Waals surface area contributed by atoms with Gasteiger partial charge in [0.25, 0.3) is 0 Å². The highest BCUT2D eigenvalue weighted by Crippen LogP contribution is 2.44. The third-order valence-corrected chi connectivity index (χ3v) is 7.87. The number of hydrogen-bond acceptors (Lipinski definition) is 7. The van der Waals surface area contributed by atoms with Crippen LogP contribution >= 0.6 is 35.6 Å². The van der Waals surface area contributed by atoms with Gasteiger partial charge in [-0.2, -0.15) is 0 Å². The van der Waals surface area contributed by atoms with Gasteiger partial charge >= 0.3 is 0 Å². The molecule has 0 aliphatic carbocycles. The van der Waals surface area contributed by atoms with Crippen LogP contribution in [0.4, 0.5) is 11.4 Å². The van der Waals surface area contributed by atoms with E-state index in [2.05, 4.69) is 15.0 Å². The third-order valence-electron chi connectivity index (χ3n) is 5.78. The lowest BCUT2D eigenvalue weighted by molar-refractivity contribution is 0.383. The van der Waals surface area contributed by atoms with E-state index in [9.17, 15) is 8.42 Å². The third kappa shape index (κ3) is 5.75. The van der Waals surface area contributed by atoms with E-state index in [1.165, 1.54) is 18.9 Å². The second kappa shape index (κ2) is 10.9. The van der Waals surface area contributed by atoms with Gasteiger partial charge in [0.15, 0.2) is 10.2 Å². The topological polar surface area (TPSA) is 96.7 Å². The number of hydrogen-bond donors (Lipinski definition) is 2. The second-order valence-electron chi connectivity index (χ2n) is 8.47. The predicted molar refractivity (Wildman–Crippen MR) is 154 cm³/mol. The first-order chi connectivity index (χ1) is 18.2. The molecule has 0 radical (unpaired) electrons. The number of sulfonamides is 1. The van der Waals surface area contributed by atoms with Crippen molar-refractivity contribution in [2.45, 2.75) is 22.1 Å². The summed E-state index contributed by atoms with van der Waals surface area (Å²) in [5, 5.41) is 5.24. The fourth-order valence-corrected chi connectivity index (χ4v) is 6.02. The highest BCUT2D eigenvalue weighted by Gasteiger charge is 2.42. The lowest BCUT2D eigenvalue weighted by atomic mass is 10.0. The number of pyridine rings is 1. The molecule has 2 N–H and O–H groups in total. The SMILES string of the molecule is COc1cc(N2C(=S)N[C@H](c3ccccn3)[C@@H]2c2ccc(Sc3ccc(Cl)cc3)o2)ccc1NS(C)(=O)=O. The van der Waals surface area contributed by atoms with Crippen molar-refractivity contribution < 1.29 is 17.6 Å². The molecule has 5 rings (SSSR count). The van der Waals surface area contributed by atoms with Crippen molar-refractivity contribution in [2.24, 2.45) is 0 Å². The van der Waals surface area contributed by atoms with Crippen molar-refractivity contribution in [3.8, 4) is 5.75 Å². The van der Waals surface area contributed by atoms with E-state index in [0.717, 1.165) is 16.8 Å². The van der Waals surface area contributed by atoms with E-state index in [4.69, 9.17) is 33.0 Å². The summed E-state index contributed by atoms with van der Waals surface area (Å²) in [4.78, 5) is 7.48. The van der Waals surface area contributed by atoms with Crippen molar-refractivity contribution in [3.05, 3.63) is 95.5 Å². The highest BCUT2D eigenvalue weighted by atomic mass is 35.5. The summed E-state index contributed by atoms with van der Waals surface area (Å²) >= 11 is 13.3. The average molecular weight is 587 g/mol. The number of nitrogens with one attached hydrogen (secondary N) is 2. The normalized spacial score (nSPS) is 17.3. The van der Waals surface area contributed by atoms with E-state index in [1.54, 1.807) is 24.4 Å². The first-order valence-electron chi connectivity index (χ1n) is 11.4. The molecule has 1 saturated heterocycles. The monoisotopic (exact) mass is 586 g/mol. The number of nitrogens with zero attached hydrogens (tertiary/aromatic N) is 2. The van der Waals surface area contributed by atoms with Crippen molar-refractivity contribution in [1.29, 1.82) is 0 Å². The van der Waals surface area contributed by atoms with Crippen LogP contribution in [0, 0.1) is 0 Å². The van der Waals surface area contributed by atoms with Gasteiger partial charge < -0.3 is 19.4 Å². The second-order valence-corrected chi connectivity index (χ2v) is 12.1. The van der Waals surface area contributed by atoms with Gasteiger partial charge in [-0.1, -0.05) is 29.4 Å². The highest BCUT2D eigenvalue weighted by molar-refractivity contribution is 7.99. The van der Waals surface area contributed by atoms with Crippen LogP contribution in [0.1, 0.15) is 23.5 Å². The molecule has 38 heavy (non-hydrogen) atoms. The molecule has 8 nitrogen and oxygen atoms in total. The standard InChI is InChI=1S/C26H23ClN4O4S3/c1-34-22-15-17(8-11-19(22)30-38(2,32)33)31-25(24(29-26(31)36)20-5-3-4-14-28-20)21-12-13-23(35-21)37-18-9-6-16(27)7-10-18/h3-15,24-25,30H,1-2H3,(H,29,36)/t24-,25+/m1/s1. The predicted octanol–water partition coefficient (Wildman–Crippen LogP) is 6.04. The Bertz CT molecular complexity index is 1560. The van der Waals surface area contributed by atoms with E-state index in [-0.39, 0.29) is 12.1 Å². The summed E-state index contributed by atoms with van der Waals surface area (Å²) in [5.41, 5.74) is 1.83. The first kappa shape index (κ1) is 26.4. The zero-order chi connectivity index (χ0) is 26.9. The molecule has 3 heterocycles. The van der Waals surface area contributed by atoms with Crippen LogP contribution in [-0.2, 0) is 10.0 Å². The van der Waals surface area contributed by atoms with Gasteiger partial charge in [0, 0.05) is 27.9 Å². The summed E-state index contributed by atoms with van der Waals surface area (Å²) in [6.45, 7) is 0. The molecule has 196 valence electrons. The number of methoxy groups -OCH3 is 1. The number of benzene rings is 2. The Balaban J connectivity index is 1.54. The molecule has 2 atom stereocenters. The zero-order valence-corrected chi connectivity index (χ0v) is 23.5. The van der Waals surface area contributed by atoms with Gasteiger partial charge in [0.05, 0.1) is 30.8 Å². The van der Waals surface area contributed by atoms with Crippen molar-refractivity contribution >= 4 is 62.1 Å². The van der Waals surface area contributed by atoms with Crippen molar-refractivity contribution in [1.82, 2.24) is 10.3 Å². The minimum Gasteiger partial charge on any atom is -0.494 e.